The van der Waals surface area contributed by atoms with Gasteiger partial charge in [-0.15, -0.1) is 0 Å². The molecule has 2 saturated heterocycles. The van der Waals surface area contributed by atoms with Gasteiger partial charge in [0.1, 0.15) is 0 Å². The largest absolute Gasteiger partial charge is 0.307 e. The summed E-state index contributed by atoms with van der Waals surface area (Å²) < 4.78 is 0. The van der Waals surface area contributed by atoms with E-state index in [0.717, 1.165) is 25.7 Å². The van der Waals surface area contributed by atoms with Crippen LogP contribution in [0, 0.1) is 5.41 Å². The van der Waals surface area contributed by atoms with Gasteiger partial charge in [0.05, 0.1) is 5.41 Å². The molecule has 0 spiro atoms. The average Bonchev–Trinajstić information content (AvgIpc) is 2.83. The van der Waals surface area contributed by atoms with Crippen molar-refractivity contribution in [3.8, 4) is 0 Å². The van der Waals surface area contributed by atoms with Crippen LogP contribution in [0.15, 0.2) is 0 Å². The molecule has 2 aliphatic rings. The number of rotatable bonds is 12. The third-order valence-corrected chi connectivity index (χ3v) is 7.16. The normalized spacial score (nSPS) is 26.5. The Labute approximate surface area is 185 Å². The second-order valence-corrected chi connectivity index (χ2v) is 11.7. The van der Waals surface area contributed by atoms with Gasteiger partial charge >= 0.3 is 0 Å². The van der Waals surface area contributed by atoms with E-state index in [0.29, 0.717) is 6.42 Å². The van der Waals surface area contributed by atoms with E-state index in [-0.39, 0.29) is 28.9 Å². The number of hydrogen-bond acceptors (Lipinski definition) is 3. The first-order valence-corrected chi connectivity index (χ1v) is 12.7. The number of nitrogens with zero attached hydrogens (tertiary/aromatic N) is 1. The van der Waals surface area contributed by atoms with Crippen LogP contribution in [0.25, 0.3) is 0 Å². The second-order valence-electron chi connectivity index (χ2n) is 11.7. The Morgan fingerprint density at radius 3 is 1.77 bits per heavy atom. The average molecular weight is 421 g/mol. The maximum atomic E-state index is 13.3. The van der Waals surface area contributed by atoms with Crippen molar-refractivity contribution in [3.05, 3.63) is 0 Å². The van der Waals surface area contributed by atoms with Crippen LogP contribution in [0.4, 0.5) is 0 Å². The van der Waals surface area contributed by atoms with Crippen LogP contribution in [0.1, 0.15) is 131 Å². The lowest BCUT2D eigenvalue weighted by molar-refractivity contribution is -0.145. The molecule has 1 N–H and O–H groups in total. The van der Waals surface area contributed by atoms with Crippen molar-refractivity contribution >= 4 is 11.8 Å². The van der Waals surface area contributed by atoms with Crippen LogP contribution in [0.2, 0.25) is 0 Å². The first-order valence-electron chi connectivity index (χ1n) is 12.7. The Kier molecular flexibility index (Phi) is 8.97. The zero-order chi connectivity index (χ0) is 22.4. The third-order valence-electron chi connectivity index (χ3n) is 7.16. The molecule has 0 radical (unpaired) electrons. The number of imide groups is 1. The molecular formula is C26H48N2O2. The summed E-state index contributed by atoms with van der Waals surface area (Å²) in [6, 6.07) is 0.0192. The van der Waals surface area contributed by atoms with Crippen LogP contribution in [0.5, 0.6) is 0 Å². The highest BCUT2D eigenvalue weighted by Crippen LogP contribution is 2.42. The molecule has 4 nitrogen and oxygen atoms in total. The van der Waals surface area contributed by atoms with Gasteiger partial charge in [0.25, 0.3) is 0 Å². The molecule has 0 aromatic rings. The maximum Gasteiger partial charge on any atom is 0.235 e. The summed E-state index contributed by atoms with van der Waals surface area (Å²) in [5, 5.41) is 3.66. The minimum Gasteiger partial charge on any atom is -0.307 e. The number of piperidine rings is 1. The third kappa shape index (κ3) is 7.07. The van der Waals surface area contributed by atoms with E-state index in [1.807, 2.05) is 6.92 Å². The van der Waals surface area contributed by atoms with Gasteiger partial charge in [0, 0.05) is 23.5 Å². The number of nitrogens with one attached hydrogen (secondary N) is 1. The standard InChI is InChI=1S/C26H48N2O2/c1-7-8-9-10-11-12-13-14-15-16-17-26(6)20-22(29)28(23(26)30)21-18-24(2,3)27-25(4,5)19-21/h21,27H,7-20H2,1-6H3. The molecule has 0 bridgehead atoms. The van der Waals surface area contributed by atoms with Crippen molar-refractivity contribution in [3.63, 3.8) is 0 Å². The molecule has 0 aromatic heterocycles. The first-order chi connectivity index (χ1) is 14.0. The van der Waals surface area contributed by atoms with Gasteiger partial charge in [0.15, 0.2) is 0 Å². The molecule has 0 aliphatic carbocycles. The lowest BCUT2D eigenvalue weighted by Gasteiger charge is -2.48. The number of likely N-dealkylation sites (tertiary alicyclic amines) is 1. The van der Waals surface area contributed by atoms with Crippen molar-refractivity contribution in [1.29, 1.82) is 0 Å². The van der Waals surface area contributed by atoms with Crippen LogP contribution >= 0.6 is 0 Å². The van der Waals surface area contributed by atoms with E-state index in [9.17, 15) is 9.59 Å². The fourth-order valence-corrected chi connectivity index (χ4v) is 5.92. The van der Waals surface area contributed by atoms with Crippen LogP contribution in [-0.2, 0) is 9.59 Å². The highest BCUT2D eigenvalue weighted by atomic mass is 16.2. The van der Waals surface area contributed by atoms with E-state index in [1.165, 1.54) is 57.8 Å². The van der Waals surface area contributed by atoms with Gasteiger partial charge in [-0.3, -0.25) is 14.5 Å². The first kappa shape index (κ1) is 25.4. The lowest BCUT2D eigenvalue weighted by Crippen LogP contribution is -2.63. The zero-order valence-electron chi connectivity index (χ0n) is 20.7. The van der Waals surface area contributed by atoms with Gasteiger partial charge < -0.3 is 5.32 Å². The van der Waals surface area contributed by atoms with Crippen molar-refractivity contribution in [2.75, 3.05) is 0 Å². The SMILES string of the molecule is CCCCCCCCCCCCC1(C)CC(=O)N(C2CC(C)(C)NC(C)(C)C2)C1=O. The Balaban J connectivity index is 1.78. The quantitative estimate of drug-likeness (QED) is 0.295. The fourth-order valence-electron chi connectivity index (χ4n) is 5.92. The summed E-state index contributed by atoms with van der Waals surface area (Å²) in [4.78, 5) is 27.9. The van der Waals surface area contributed by atoms with E-state index < -0.39 is 5.41 Å². The molecule has 4 heteroatoms. The van der Waals surface area contributed by atoms with Gasteiger partial charge in [0.2, 0.25) is 11.8 Å². The molecule has 2 aliphatic heterocycles. The number of carbonyl (C=O) groups excluding carboxylic acids is 2. The van der Waals surface area contributed by atoms with Crippen LogP contribution < -0.4 is 5.32 Å². The summed E-state index contributed by atoms with van der Waals surface area (Å²) in [6.07, 6.45) is 15.9. The zero-order valence-corrected chi connectivity index (χ0v) is 20.7. The molecule has 2 amide bonds. The highest BCUT2D eigenvalue weighted by Gasteiger charge is 2.52. The Morgan fingerprint density at radius 1 is 0.800 bits per heavy atom. The maximum absolute atomic E-state index is 13.3. The van der Waals surface area contributed by atoms with Gasteiger partial charge in [-0.05, 0) is 47.0 Å². The molecule has 2 fully saturated rings. The molecule has 1 unspecified atom stereocenters. The molecule has 1 atom stereocenters. The number of amides is 2. The van der Waals surface area contributed by atoms with E-state index >= 15 is 0 Å². The Morgan fingerprint density at radius 2 is 1.27 bits per heavy atom. The summed E-state index contributed by atoms with van der Waals surface area (Å²) >= 11 is 0. The minimum atomic E-state index is -0.490. The molecule has 2 heterocycles. The van der Waals surface area contributed by atoms with Crippen molar-refractivity contribution in [2.24, 2.45) is 5.41 Å². The van der Waals surface area contributed by atoms with Crippen molar-refractivity contribution in [1.82, 2.24) is 10.2 Å². The molecule has 30 heavy (non-hydrogen) atoms. The minimum absolute atomic E-state index is 0.0192. The Bertz CT molecular complexity index is 568. The summed E-state index contributed by atoms with van der Waals surface area (Å²) in [6.45, 7) is 13.0. The van der Waals surface area contributed by atoms with Gasteiger partial charge in [-0.2, -0.15) is 0 Å². The number of unbranched alkanes of at least 4 members (excludes halogenated alkanes) is 9. The monoisotopic (exact) mass is 420 g/mol. The Hall–Kier alpha value is -0.900. The molecular weight excluding hydrogens is 372 g/mol. The molecule has 174 valence electrons. The van der Waals surface area contributed by atoms with E-state index in [2.05, 4.69) is 39.9 Å². The topological polar surface area (TPSA) is 49.4 Å². The fraction of sp³-hybridized carbons (Fsp3) is 0.923. The van der Waals surface area contributed by atoms with E-state index in [4.69, 9.17) is 0 Å². The van der Waals surface area contributed by atoms with Crippen LogP contribution in [0.3, 0.4) is 0 Å². The smallest absolute Gasteiger partial charge is 0.235 e. The number of hydrogen-bond donors (Lipinski definition) is 1. The van der Waals surface area contributed by atoms with Crippen molar-refractivity contribution in [2.45, 2.75) is 149 Å². The lowest BCUT2D eigenvalue weighted by atomic mass is 9.78. The summed E-state index contributed by atoms with van der Waals surface area (Å²) in [5.74, 6) is 0.134. The van der Waals surface area contributed by atoms with Crippen LogP contribution in [-0.4, -0.2) is 33.8 Å². The predicted molar refractivity (Wildman–Crippen MR) is 125 cm³/mol. The number of carbonyl (C=O) groups is 2. The summed E-state index contributed by atoms with van der Waals surface area (Å²) in [7, 11) is 0. The predicted octanol–water partition coefficient (Wildman–Crippen LogP) is 6.37. The molecule has 0 aromatic carbocycles. The van der Waals surface area contributed by atoms with E-state index in [1.54, 1.807) is 4.90 Å². The van der Waals surface area contributed by atoms with Gasteiger partial charge in [-0.1, -0.05) is 78.1 Å². The van der Waals surface area contributed by atoms with Crippen molar-refractivity contribution < 1.29 is 9.59 Å². The highest BCUT2D eigenvalue weighted by molar-refractivity contribution is 6.06. The van der Waals surface area contributed by atoms with Gasteiger partial charge in [-0.25, -0.2) is 0 Å². The molecule has 2 rings (SSSR count). The molecule has 0 saturated carbocycles. The summed E-state index contributed by atoms with van der Waals surface area (Å²) in [5.41, 5.74) is -0.624. The second kappa shape index (κ2) is 10.6.